The Hall–Kier alpha value is -0.900. The molecule has 0 amide bonds. The van der Waals surface area contributed by atoms with Crippen LogP contribution in [0.2, 0.25) is 0 Å². The summed E-state index contributed by atoms with van der Waals surface area (Å²) in [6.07, 6.45) is 1.48. The summed E-state index contributed by atoms with van der Waals surface area (Å²) in [7, 11) is -3.29. The van der Waals surface area contributed by atoms with E-state index >= 15 is 0 Å². The molecule has 0 saturated heterocycles. The van der Waals surface area contributed by atoms with Crippen LogP contribution in [-0.2, 0) is 9.84 Å². The number of nitrogens with zero attached hydrogens (tertiary/aromatic N) is 1. The lowest BCUT2D eigenvalue weighted by atomic mass is 10.3. The van der Waals surface area contributed by atoms with Crippen LogP contribution in [0, 0.1) is 0 Å². The molecule has 0 spiro atoms. The van der Waals surface area contributed by atoms with Crippen molar-refractivity contribution in [3.8, 4) is 0 Å². The van der Waals surface area contributed by atoms with Crippen molar-refractivity contribution in [3.63, 3.8) is 0 Å². The summed E-state index contributed by atoms with van der Waals surface area (Å²) >= 11 is 0. The molecule has 1 rings (SSSR count). The second-order valence-electron chi connectivity index (χ2n) is 3.78. The zero-order chi connectivity index (χ0) is 10.1. The molecule has 0 aliphatic heterocycles. The van der Waals surface area contributed by atoms with Gasteiger partial charge in [0.25, 0.3) is 0 Å². The number of hydrogen-bond donors (Lipinski definition) is 0. The van der Waals surface area contributed by atoms with Crippen molar-refractivity contribution in [2.75, 3.05) is 0 Å². The van der Waals surface area contributed by atoms with E-state index in [9.17, 15) is 8.42 Å². The molecule has 0 unspecified atom stereocenters. The highest BCUT2D eigenvalue weighted by Gasteiger charge is 2.31. The van der Waals surface area contributed by atoms with Gasteiger partial charge in [-0.15, -0.1) is 0 Å². The summed E-state index contributed by atoms with van der Waals surface area (Å²) in [4.78, 5) is 3.83. The van der Waals surface area contributed by atoms with Crippen LogP contribution in [-0.4, -0.2) is 18.1 Å². The van der Waals surface area contributed by atoms with Gasteiger partial charge in [0.15, 0.2) is 14.9 Å². The number of pyridine rings is 1. The molecule has 72 valence electrons. The second kappa shape index (κ2) is 3.10. The molecular formula is C9H13NO2S. The van der Waals surface area contributed by atoms with Gasteiger partial charge in [0, 0.05) is 6.20 Å². The van der Waals surface area contributed by atoms with Gasteiger partial charge in [-0.2, -0.15) is 0 Å². The molecule has 0 saturated carbocycles. The van der Waals surface area contributed by atoms with E-state index in [0.29, 0.717) is 0 Å². The largest absolute Gasteiger partial charge is 0.245 e. The summed E-state index contributed by atoms with van der Waals surface area (Å²) in [5.74, 6) is 0. The second-order valence-corrected chi connectivity index (χ2v) is 6.43. The van der Waals surface area contributed by atoms with E-state index in [-0.39, 0.29) is 5.03 Å². The first-order chi connectivity index (χ1) is 5.86. The minimum absolute atomic E-state index is 0.141. The van der Waals surface area contributed by atoms with Gasteiger partial charge >= 0.3 is 0 Å². The highest BCUT2D eigenvalue weighted by Crippen LogP contribution is 2.22. The van der Waals surface area contributed by atoms with Gasteiger partial charge in [0.1, 0.15) is 0 Å². The van der Waals surface area contributed by atoms with Crippen LogP contribution in [0.1, 0.15) is 20.8 Å². The predicted octanol–water partition coefficient (Wildman–Crippen LogP) is 1.65. The highest BCUT2D eigenvalue weighted by atomic mass is 32.2. The first kappa shape index (κ1) is 10.2. The summed E-state index contributed by atoms with van der Waals surface area (Å²) in [6, 6.07) is 4.88. The van der Waals surface area contributed by atoms with E-state index in [1.807, 2.05) is 0 Å². The van der Waals surface area contributed by atoms with Crippen LogP contribution in [0.3, 0.4) is 0 Å². The van der Waals surface area contributed by atoms with E-state index in [0.717, 1.165) is 0 Å². The SMILES string of the molecule is CC(C)(C)S(=O)(=O)c1ccccn1. The zero-order valence-electron chi connectivity index (χ0n) is 7.98. The molecule has 1 heterocycles. The van der Waals surface area contributed by atoms with Crippen molar-refractivity contribution < 1.29 is 8.42 Å². The Morgan fingerprint density at radius 2 is 1.85 bits per heavy atom. The predicted molar refractivity (Wildman–Crippen MR) is 51.2 cm³/mol. The third-order valence-electron chi connectivity index (χ3n) is 1.72. The van der Waals surface area contributed by atoms with Gasteiger partial charge in [-0.1, -0.05) is 6.07 Å². The summed E-state index contributed by atoms with van der Waals surface area (Å²) in [5.41, 5.74) is 0. The van der Waals surface area contributed by atoms with Gasteiger partial charge in [-0.05, 0) is 32.9 Å². The number of hydrogen-bond acceptors (Lipinski definition) is 3. The van der Waals surface area contributed by atoms with E-state index in [1.54, 1.807) is 32.9 Å². The summed E-state index contributed by atoms with van der Waals surface area (Å²) in [5, 5.41) is 0.141. The Bertz CT molecular complexity index is 376. The van der Waals surface area contributed by atoms with Crippen molar-refractivity contribution in [1.29, 1.82) is 0 Å². The fourth-order valence-electron chi connectivity index (χ4n) is 0.820. The molecule has 0 radical (unpaired) electrons. The molecular weight excluding hydrogens is 186 g/mol. The fraction of sp³-hybridized carbons (Fsp3) is 0.444. The maximum atomic E-state index is 11.8. The normalized spacial score (nSPS) is 12.8. The van der Waals surface area contributed by atoms with E-state index < -0.39 is 14.6 Å². The lowest BCUT2D eigenvalue weighted by Crippen LogP contribution is -2.28. The zero-order valence-corrected chi connectivity index (χ0v) is 8.80. The molecule has 0 bridgehead atoms. The molecule has 3 nitrogen and oxygen atoms in total. The van der Waals surface area contributed by atoms with Gasteiger partial charge < -0.3 is 0 Å². The number of rotatable bonds is 1. The molecule has 0 aliphatic rings. The minimum Gasteiger partial charge on any atom is -0.245 e. The third-order valence-corrected chi connectivity index (χ3v) is 4.12. The number of sulfone groups is 1. The monoisotopic (exact) mass is 199 g/mol. The van der Waals surface area contributed by atoms with Gasteiger partial charge in [0.2, 0.25) is 0 Å². The molecule has 0 N–H and O–H groups in total. The summed E-state index contributed by atoms with van der Waals surface area (Å²) in [6.45, 7) is 4.99. The molecule has 0 aromatic carbocycles. The van der Waals surface area contributed by atoms with Gasteiger partial charge in [0.05, 0.1) is 4.75 Å². The van der Waals surface area contributed by atoms with Crippen molar-refractivity contribution >= 4 is 9.84 Å². The maximum Gasteiger partial charge on any atom is 0.200 e. The molecule has 1 aromatic heterocycles. The molecule has 13 heavy (non-hydrogen) atoms. The van der Waals surface area contributed by atoms with Crippen molar-refractivity contribution in [2.45, 2.75) is 30.5 Å². The molecule has 0 fully saturated rings. The quantitative estimate of drug-likeness (QED) is 0.691. The third kappa shape index (κ3) is 1.88. The lowest BCUT2D eigenvalue weighted by molar-refractivity contribution is 0.556. The van der Waals surface area contributed by atoms with E-state index in [2.05, 4.69) is 4.98 Å². The van der Waals surface area contributed by atoms with Crippen LogP contribution >= 0.6 is 0 Å². The van der Waals surface area contributed by atoms with Gasteiger partial charge in [-0.3, -0.25) is 0 Å². The summed E-state index contributed by atoms with van der Waals surface area (Å²) < 4.78 is 22.8. The molecule has 0 aliphatic carbocycles. The van der Waals surface area contributed by atoms with Crippen LogP contribution < -0.4 is 0 Å². The molecule has 0 atom stereocenters. The van der Waals surface area contributed by atoms with Gasteiger partial charge in [-0.25, -0.2) is 13.4 Å². The van der Waals surface area contributed by atoms with Crippen molar-refractivity contribution in [2.24, 2.45) is 0 Å². The average molecular weight is 199 g/mol. The van der Waals surface area contributed by atoms with Crippen LogP contribution in [0.25, 0.3) is 0 Å². The van der Waals surface area contributed by atoms with E-state index in [1.165, 1.54) is 12.3 Å². The standard InChI is InChI=1S/C9H13NO2S/c1-9(2,3)13(11,12)8-6-4-5-7-10-8/h4-7H,1-3H3. The lowest BCUT2D eigenvalue weighted by Gasteiger charge is -2.17. The Morgan fingerprint density at radius 1 is 1.23 bits per heavy atom. The van der Waals surface area contributed by atoms with Crippen molar-refractivity contribution in [1.82, 2.24) is 4.98 Å². The average Bonchev–Trinajstić information content (AvgIpc) is 2.04. The Labute approximate surface area is 78.7 Å². The topological polar surface area (TPSA) is 47.0 Å². The Balaban J connectivity index is 3.26. The fourth-order valence-corrected chi connectivity index (χ4v) is 1.90. The Kier molecular flexibility index (Phi) is 2.43. The first-order valence-corrected chi connectivity index (χ1v) is 5.50. The first-order valence-electron chi connectivity index (χ1n) is 4.01. The maximum absolute atomic E-state index is 11.8. The highest BCUT2D eigenvalue weighted by molar-refractivity contribution is 7.92. The van der Waals surface area contributed by atoms with Crippen LogP contribution in [0.4, 0.5) is 0 Å². The van der Waals surface area contributed by atoms with Crippen LogP contribution in [0.5, 0.6) is 0 Å². The Morgan fingerprint density at radius 3 is 2.23 bits per heavy atom. The van der Waals surface area contributed by atoms with Crippen molar-refractivity contribution in [3.05, 3.63) is 24.4 Å². The molecule has 1 aromatic rings. The minimum atomic E-state index is -3.29. The smallest absolute Gasteiger partial charge is 0.200 e. The van der Waals surface area contributed by atoms with E-state index in [4.69, 9.17) is 0 Å². The van der Waals surface area contributed by atoms with Crippen LogP contribution in [0.15, 0.2) is 29.4 Å². The number of aromatic nitrogens is 1. The molecule has 4 heteroatoms.